The van der Waals surface area contributed by atoms with Crippen LogP contribution in [0.15, 0.2) is 77.8 Å². The maximum Gasteiger partial charge on any atom is 0.441 e. The number of amides is 3. The molecule has 10 nitrogen and oxygen atoms in total. The van der Waals surface area contributed by atoms with Crippen LogP contribution in [-0.2, 0) is 14.3 Å². The van der Waals surface area contributed by atoms with E-state index in [0.29, 0.717) is 33.7 Å². The number of carbonyl (C=O) groups excluding carboxylic acids is 4. The Hall–Kier alpha value is -5.43. The van der Waals surface area contributed by atoms with Crippen LogP contribution in [0.4, 0.5) is 10.5 Å². The van der Waals surface area contributed by atoms with Crippen molar-refractivity contribution in [3.63, 3.8) is 0 Å². The molecule has 0 saturated heterocycles. The number of anilines is 1. The highest BCUT2D eigenvalue weighted by molar-refractivity contribution is 6.09. The van der Waals surface area contributed by atoms with E-state index in [2.05, 4.69) is 16.8 Å². The van der Waals surface area contributed by atoms with Gasteiger partial charge in [-0.25, -0.2) is 4.79 Å². The van der Waals surface area contributed by atoms with E-state index in [4.69, 9.17) is 15.2 Å². The zero-order valence-corrected chi connectivity index (χ0v) is 22.6. The Balaban J connectivity index is 1.48. The highest BCUT2D eigenvalue weighted by atomic mass is 16.5. The van der Waals surface area contributed by atoms with Crippen LogP contribution in [0.25, 0.3) is 0 Å². The fourth-order valence-electron chi connectivity index (χ4n) is 4.01. The molecule has 1 aliphatic rings. The number of para-hydroxylation sites is 1. The van der Waals surface area contributed by atoms with Crippen LogP contribution in [0, 0.1) is 11.8 Å². The number of benzene rings is 3. The molecule has 0 bridgehead atoms. The number of amidine groups is 1. The molecule has 0 saturated carbocycles. The molecule has 3 amide bonds. The molecule has 0 radical (unpaired) electrons. The van der Waals surface area contributed by atoms with Crippen LogP contribution in [0.1, 0.15) is 40.4 Å². The lowest BCUT2D eigenvalue weighted by Gasteiger charge is -2.19. The molecule has 4 rings (SSSR count). The maximum absolute atomic E-state index is 13.3. The third kappa shape index (κ3) is 7.36. The zero-order chi connectivity index (χ0) is 29.4. The molecule has 0 aromatic heterocycles. The molecular weight excluding hydrogens is 524 g/mol. The summed E-state index contributed by atoms with van der Waals surface area (Å²) in [6.45, 7) is 1.87. The van der Waals surface area contributed by atoms with Gasteiger partial charge in [-0.05, 0) is 49.4 Å². The van der Waals surface area contributed by atoms with Gasteiger partial charge in [0.05, 0.1) is 24.3 Å². The summed E-state index contributed by atoms with van der Waals surface area (Å²) in [7, 11) is 1.60. The van der Waals surface area contributed by atoms with E-state index in [-0.39, 0.29) is 43.8 Å². The van der Waals surface area contributed by atoms with Crippen molar-refractivity contribution >= 4 is 35.4 Å². The molecule has 0 unspecified atom stereocenters. The quantitative estimate of drug-likeness (QED) is 0.215. The molecule has 2 N–H and O–H groups in total. The average molecular weight is 553 g/mol. The van der Waals surface area contributed by atoms with Gasteiger partial charge in [0, 0.05) is 30.3 Å². The Kier molecular flexibility index (Phi) is 9.12. The van der Waals surface area contributed by atoms with Gasteiger partial charge in [-0.3, -0.25) is 14.4 Å². The molecule has 41 heavy (non-hydrogen) atoms. The van der Waals surface area contributed by atoms with Crippen LogP contribution < -0.4 is 15.4 Å². The van der Waals surface area contributed by atoms with Gasteiger partial charge in [0.1, 0.15) is 18.1 Å². The fraction of sp³-hybridized carbons (Fsp3) is 0.194. The first kappa shape index (κ1) is 28.6. The minimum atomic E-state index is -0.831. The maximum atomic E-state index is 13.3. The molecule has 0 aliphatic carbocycles. The van der Waals surface area contributed by atoms with E-state index in [1.54, 1.807) is 86.8 Å². The van der Waals surface area contributed by atoms with Crippen molar-refractivity contribution in [2.45, 2.75) is 13.3 Å². The Morgan fingerprint density at radius 1 is 0.976 bits per heavy atom. The van der Waals surface area contributed by atoms with Crippen molar-refractivity contribution in [2.75, 3.05) is 31.6 Å². The van der Waals surface area contributed by atoms with Gasteiger partial charge in [0.2, 0.25) is 5.91 Å². The van der Waals surface area contributed by atoms with Crippen molar-refractivity contribution in [3.05, 3.63) is 95.1 Å². The largest absolute Gasteiger partial charge is 0.466 e. The van der Waals surface area contributed by atoms with Gasteiger partial charge >= 0.3 is 12.1 Å². The lowest BCUT2D eigenvalue weighted by molar-refractivity contribution is -0.143. The number of hydrogen-bond acceptors (Lipinski definition) is 6. The number of rotatable bonds is 6. The first-order chi connectivity index (χ1) is 19.7. The number of ether oxygens (including phenoxy) is 2. The van der Waals surface area contributed by atoms with Gasteiger partial charge in [0.25, 0.3) is 5.91 Å². The van der Waals surface area contributed by atoms with E-state index in [9.17, 15) is 19.2 Å². The molecular formula is C31H28N4O6. The van der Waals surface area contributed by atoms with Crippen LogP contribution >= 0.6 is 0 Å². The van der Waals surface area contributed by atoms with E-state index in [1.165, 1.54) is 9.80 Å². The molecule has 1 heterocycles. The van der Waals surface area contributed by atoms with Gasteiger partial charge in [-0.15, -0.1) is 0 Å². The second kappa shape index (κ2) is 13.1. The monoisotopic (exact) mass is 552 g/mol. The van der Waals surface area contributed by atoms with E-state index >= 15 is 0 Å². The summed E-state index contributed by atoms with van der Waals surface area (Å²) >= 11 is 0. The lowest BCUT2D eigenvalue weighted by Crippen LogP contribution is -2.39. The first-order valence-electron chi connectivity index (χ1n) is 12.8. The number of nitrogens with two attached hydrogens (primary N) is 1. The highest BCUT2D eigenvalue weighted by Crippen LogP contribution is 2.26. The topological polar surface area (TPSA) is 132 Å². The summed E-state index contributed by atoms with van der Waals surface area (Å²) in [6, 6.07) is 20.4. The number of carbonyl (C=O) groups is 4. The molecule has 0 spiro atoms. The molecule has 10 heteroatoms. The minimum absolute atomic E-state index is 0.000817. The van der Waals surface area contributed by atoms with E-state index in [0.717, 1.165) is 0 Å². The third-order valence-electron chi connectivity index (χ3n) is 6.16. The smallest absolute Gasteiger partial charge is 0.441 e. The first-order valence-corrected chi connectivity index (χ1v) is 12.8. The average Bonchev–Trinajstić information content (AvgIpc) is 3.06. The molecule has 3 aromatic rings. The van der Waals surface area contributed by atoms with Gasteiger partial charge in [-0.2, -0.15) is 4.99 Å². The summed E-state index contributed by atoms with van der Waals surface area (Å²) in [5, 5.41) is 0. The summed E-state index contributed by atoms with van der Waals surface area (Å²) in [6.07, 6.45) is -0.840. The number of aliphatic imine (C=N–C) groups is 1. The van der Waals surface area contributed by atoms with E-state index < -0.39 is 12.1 Å². The summed E-state index contributed by atoms with van der Waals surface area (Å²) in [5.74, 6) is 5.37. The highest BCUT2D eigenvalue weighted by Gasteiger charge is 2.30. The van der Waals surface area contributed by atoms with Crippen molar-refractivity contribution in [1.29, 1.82) is 0 Å². The van der Waals surface area contributed by atoms with Gasteiger partial charge in [0.15, 0.2) is 0 Å². The predicted molar refractivity (Wildman–Crippen MR) is 153 cm³/mol. The summed E-state index contributed by atoms with van der Waals surface area (Å²) in [4.78, 5) is 56.4. The second-order valence-corrected chi connectivity index (χ2v) is 8.97. The molecule has 0 atom stereocenters. The Bertz CT molecular complexity index is 1550. The zero-order valence-electron chi connectivity index (χ0n) is 22.6. The Morgan fingerprint density at radius 2 is 1.66 bits per heavy atom. The van der Waals surface area contributed by atoms with Crippen LogP contribution in [0.2, 0.25) is 0 Å². The summed E-state index contributed by atoms with van der Waals surface area (Å²) in [5.41, 5.74) is 8.50. The van der Waals surface area contributed by atoms with Crippen molar-refractivity contribution < 1.29 is 28.7 Å². The SMILES string of the molecule is CCOC(=O)CCN1CC(=O)N(C)c2ccc(C#Cc3ccc(/C(N)=N/C(=O)Oc4ccccc4)cc3)cc2C1=O. The predicted octanol–water partition coefficient (Wildman–Crippen LogP) is 3.36. The van der Waals surface area contributed by atoms with Gasteiger partial charge in [-0.1, -0.05) is 42.2 Å². The molecule has 1 aliphatic heterocycles. The molecule has 208 valence electrons. The Labute approximate surface area is 237 Å². The van der Waals surface area contributed by atoms with Gasteiger partial charge < -0.3 is 25.0 Å². The standard InChI is InChI=1S/C31H28N4O6/c1-3-40-28(37)17-18-35-20-27(36)34(2)26-16-13-22(19-25(26)30(35)38)10-9-21-11-14-23(15-12-21)29(32)33-31(39)41-24-7-5-4-6-8-24/h4-8,11-16,19H,3,17-18,20H2,1-2H3,(H2,32,33,39). The van der Waals surface area contributed by atoms with Crippen LogP contribution in [0.5, 0.6) is 5.75 Å². The number of fused-ring (bicyclic) bond motifs is 1. The third-order valence-corrected chi connectivity index (χ3v) is 6.16. The molecule has 3 aromatic carbocycles. The van der Waals surface area contributed by atoms with Crippen LogP contribution in [0.3, 0.4) is 0 Å². The van der Waals surface area contributed by atoms with Crippen molar-refractivity contribution in [3.8, 4) is 17.6 Å². The van der Waals surface area contributed by atoms with Crippen molar-refractivity contribution in [1.82, 2.24) is 4.90 Å². The fourth-order valence-corrected chi connectivity index (χ4v) is 4.01. The van der Waals surface area contributed by atoms with Crippen LogP contribution in [-0.4, -0.2) is 61.4 Å². The number of nitrogens with zero attached hydrogens (tertiary/aromatic N) is 3. The molecule has 0 fully saturated rings. The number of hydrogen-bond donors (Lipinski definition) is 1. The van der Waals surface area contributed by atoms with Crippen molar-refractivity contribution in [2.24, 2.45) is 10.7 Å². The second-order valence-electron chi connectivity index (χ2n) is 8.97. The van der Waals surface area contributed by atoms with E-state index in [1.807, 2.05) is 0 Å². The minimum Gasteiger partial charge on any atom is -0.466 e. The number of esters is 1. The lowest BCUT2D eigenvalue weighted by atomic mass is 10.1. The Morgan fingerprint density at radius 3 is 2.37 bits per heavy atom. The normalized spacial score (nSPS) is 13.1. The summed E-state index contributed by atoms with van der Waals surface area (Å²) < 4.78 is 10.1. The number of likely N-dealkylation sites (N-methyl/N-ethyl adjacent to an activating group) is 1.